The lowest BCUT2D eigenvalue weighted by molar-refractivity contribution is -0.140. The predicted molar refractivity (Wildman–Crippen MR) is 160 cm³/mol. The quantitative estimate of drug-likeness (QED) is 0.298. The number of hydrogen-bond acceptors (Lipinski definition) is 4. The van der Waals surface area contributed by atoms with Crippen molar-refractivity contribution >= 4 is 27.7 Å². The summed E-state index contributed by atoms with van der Waals surface area (Å²) in [5.74, 6) is -0.734. The van der Waals surface area contributed by atoms with Gasteiger partial charge in [-0.3, -0.25) is 9.59 Å². The van der Waals surface area contributed by atoms with Crippen LogP contribution in [0.3, 0.4) is 0 Å². The standard InChI is InChI=1S/C31H40N4O4S/c1-5-6-20-32-31(37)29(22-26-15-9-7-10-16-26)34(23-27-17-13-14-25(2)21-27)30(36)24-35(40(38,39)33(3)4)28-18-11-8-12-19-28/h7-19,21,29H,5-6,20,22-24H2,1-4H3,(H,32,37). The van der Waals surface area contributed by atoms with Crippen molar-refractivity contribution in [1.82, 2.24) is 14.5 Å². The van der Waals surface area contributed by atoms with Gasteiger partial charge in [-0.15, -0.1) is 0 Å². The summed E-state index contributed by atoms with van der Waals surface area (Å²) >= 11 is 0. The Morgan fingerprint density at radius 1 is 0.875 bits per heavy atom. The summed E-state index contributed by atoms with van der Waals surface area (Å²) in [4.78, 5) is 29.3. The molecule has 9 heteroatoms. The van der Waals surface area contributed by atoms with Gasteiger partial charge >= 0.3 is 10.2 Å². The molecule has 0 fully saturated rings. The summed E-state index contributed by atoms with van der Waals surface area (Å²) < 4.78 is 28.9. The smallest absolute Gasteiger partial charge is 0.304 e. The average Bonchev–Trinajstić information content (AvgIpc) is 2.94. The van der Waals surface area contributed by atoms with Crippen molar-refractivity contribution in [3.8, 4) is 0 Å². The number of anilines is 1. The molecule has 8 nitrogen and oxygen atoms in total. The molecule has 40 heavy (non-hydrogen) atoms. The highest BCUT2D eigenvalue weighted by Gasteiger charge is 2.34. The molecule has 0 aliphatic rings. The van der Waals surface area contributed by atoms with Crippen LogP contribution in [0, 0.1) is 6.92 Å². The Morgan fingerprint density at radius 2 is 1.50 bits per heavy atom. The third-order valence-corrected chi connectivity index (χ3v) is 8.42. The Bertz CT molecular complexity index is 1350. The molecular weight excluding hydrogens is 524 g/mol. The summed E-state index contributed by atoms with van der Waals surface area (Å²) in [6, 6.07) is 25.0. The number of aryl methyl sites for hydroxylation is 1. The molecule has 0 saturated carbocycles. The van der Waals surface area contributed by atoms with E-state index in [0.717, 1.165) is 38.1 Å². The Balaban J connectivity index is 2.05. The highest BCUT2D eigenvalue weighted by atomic mass is 32.2. The second-order valence-corrected chi connectivity index (χ2v) is 12.1. The summed E-state index contributed by atoms with van der Waals surface area (Å²) in [5, 5.41) is 3.00. The number of para-hydroxylation sites is 1. The van der Waals surface area contributed by atoms with Crippen molar-refractivity contribution in [2.24, 2.45) is 0 Å². The van der Waals surface area contributed by atoms with Gasteiger partial charge < -0.3 is 10.2 Å². The first kappa shape index (κ1) is 30.8. The summed E-state index contributed by atoms with van der Waals surface area (Å²) in [6.07, 6.45) is 2.03. The fourth-order valence-electron chi connectivity index (χ4n) is 4.38. The van der Waals surface area contributed by atoms with Crippen LogP contribution in [0.4, 0.5) is 5.69 Å². The molecule has 1 unspecified atom stereocenters. The maximum Gasteiger partial charge on any atom is 0.304 e. The minimum Gasteiger partial charge on any atom is -0.354 e. The second kappa shape index (κ2) is 14.6. The first-order chi connectivity index (χ1) is 19.1. The fraction of sp³-hybridized carbons (Fsp3) is 0.355. The Hall–Kier alpha value is -3.69. The van der Waals surface area contributed by atoms with Gasteiger partial charge in [0.05, 0.1) is 5.69 Å². The summed E-state index contributed by atoms with van der Waals surface area (Å²) in [6.45, 7) is 4.21. The van der Waals surface area contributed by atoms with E-state index in [4.69, 9.17) is 0 Å². The molecule has 0 aliphatic heterocycles. The van der Waals surface area contributed by atoms with E-state index in [1.807, 2.05) is 68.4 Å². The van der Waals surface area contributed by atoms with Crippen LogP contribution in [0.2, 0.25) is 0 Å². The largest absolute Gasteiger partial charge is 0.354 e. The highest BCUT2D eigenvalue weighted by molar-refractivity contribution is 7.90. The predicted octanol–water partition coefficient (Wildman–Crippen LogP) is 4.16. The topological polar surface area (TPSA) is 90.0 Å². The number of nitrogens with one attached hydrogen (secondary N) is 1. The van der Waals surface area contributed by atoms with E-state index in [2.05, 4.69) is 5.32 Å². The molecule has 0 bridgehead atoms. The minimum absolute atomic E-state index is 0.157. The molecule has 3 aromatic carbocycles. The van der Waals surface area contributed by atoms with Gasteiger partial charge in [0.1, 0.15) is 12.6 Å². The van der Waals surface area contributed by atoms with Crippen LogP contribution in [0.5, 0.6) is 0 Å². The normalized spacial score (nSPS) is 12.1. The van der Waals surface area contributed by atoms with Crippen LogP contribution in [-0.2, 0) is 32.8 Å². The van der Waals surface area contributed by atoms with Crippen LogP contribution in [0.1, 0.15) is 36.5 Å². The molecule has 1 N–H and O–H groups in total. The van der Waals surface area contributed by atoms with Gasteiger partial charge in [-0.1, -0.05) is 91.7 Å². The van der Waals surface area contributed by atoms with Crippen LogP contribution in [0.15, 0.2) is 84.9 Å². The maximum atomic E-state index is 14.2. The SMILES string of the molecule is CCCCNC(=O)C(Cc1ccccc1)N(Cc1cccc(C)c1)C(=O)CN(c1ccccc1)S(=O)(=O)N(C)C. The van der Waals surface area contributed by atoms with E-state index in [1.165, 1.54) is 19.0 Å². The van der Waals surface area contributed by atoms with Crippen molar-refractivity contribution in [1.29, 1.82) is 0 Å². The van der Waals surface area contributed by atoms with Gasteiger partial charge in [-0.25, -0.2) is 4.31 Å². The molecule has 1 atom stereocenters. The first-order valence-electron chi connectivity index (χ1n) is 13.6. The fourth-order valence-corrected chi connectivity index (χ4v) is 5.43. The van der Waals surface area contributed by atoms with E-state index >= 15 is 0 Å². The Labute approximate surface area is 238 Å². The third kappa shape index (κ3) is 8.40. The second-order valence-electron chi connectivity index (χ2n) is 9.99. The number of nitrogens with zero attached hydrogens (tertiary/aromatic N) is 3. The van der Waals surface area contributed by atoms with Crippen LogP contribution in [-0.4, -0.2) is 62.7 Å². The van der Waals surface area contributed by atoms with Crippen molar-refractivity contribution in [2.45, 2.75) is 45.7 Å². The van der Waals surface area contributed by atoms with Gasteiger partial charge in [0, 0.05) is 33.6 Å². The third-order valence-electron chi connectivity index (χ3n) is 6.60. The number of rotatable bonds is 14. The van der Waals surface area contributed by atoms with Crippen molar-refractivity contribution < 1.29 is 18.0 Å². The van der Waals surface area contributed by atoms with Crippen molar-refractivity contribution in [3.05, 3.63) is 102 Å². The Morgan fingerprint density at radius 3 is 2.10 bits per heavy atom. The molecule has 2 amide bonds. The van der Waals surface area contributed by atoms with E-state index < -0.39 is 28.7 Å². The lowest BCUT2D eigenvalue weighted by atomic mass is 10.0. The molecule has 0 radical (unpaired) electrons. The van der Waals surface area contributed by atoms with Gasteiger partial charge in [0.2, 0.25) is 11.8 Å². The zero-order valence-electron chi connectivity index (χ0n) is 23.8. The van der Waals surface area contributed by atoms with Crippen molar-refractivity contribution in [2.75, 3.05) is 31.5 Å². The lowest BCUT2D eigenvalue weighted by Gasteiger charge is -2.34. The molecule has 0 heterocycles. The van der Waals surface area contributed by atoms with Crippen LogP contribution >= 0.6 is 0 Å². The molecule has 0 saturated heterocycles. The van der Waals surface area contributed by atoms with Gasteiger partial charge in [0.25, 0.3) is 0 Å². The number of carbonyl (C=O) groups excluding carboxylic acids is 2. The van der Waals surface area contributed by atoms with E-state index in [-0.39, 0.29) is 12.5 Å². The first-order valence-corrected chi connectivity index (χ1v) is 14.9. The minimum atomic E-state index is -4.00. The monoisotopic (exact) mass is 564 g/mol. The van der Waals surface area contributed by atoms with E-state index in [1.54, 1.807) is 30.3 Å². The molecule has 3 rings (SSSR count). The molecule has 214 valence electrons. The Kier molecular flexibility index (Phi) is 11.3. The van der Waals surface area contributed by atoms with Gasteiger partial charge in [-0.2, -0.15) is 12.7 Å². The molecule has 0 spiro atoms. The van der Waals surface area contributed by atoms with Crippen molar-refractivity contribution in [3.63, 3.8) is 0 Å². The maximum absolute atomic E-state index is 14.2. The average molecular weight is 565 g/mol. The number of carbonyl (C=O) groups is 2. The summed E-state index contributed by atoms with van der Waals surface area (Å²) in [5.41, 5.74) is 3.15. The van der Waals surface area contributed by atoms with Gasteiger partial charge in [0.15, 0.2) is 0 Å². The molecule has 0 aromatic heterocycles. The van der Waals surface area contributed by atoms with Crippen LogP contribution in [0.25, 0.3) is 0 Å². The summed E-state index contributed by atoms with van der Waals surface area (Å²) in [7, 11) is -1.14. The highest BCUT2D eigenvalue weighted by Crippen LogP contribution is 2.21. The zero-order valence-corrected chi connectivity index (χ0v) is 24.6. The molecule has 3 aromatic rings. The number of amides is 2. The molecule has 0 aliphatic carbocycles. The number of benzene rings is 3. The number of unbranched alkanes of at least 4 members (excludes halogenated alkanes) is 1. The number of hydrogen-bond donors (Lipinski definition) is 1. The van der Waals surface area contributed by atoms with Gasteiger partial charge in [-0.05, 0) is 36.6 Å². The molecular formula is C31H40N4O4S. The zero-order chi connectivity index (χ0) is 29.1. The van der Waals surface area contributed by atoms with E-state index in [9.17, 15) is 18.0 Å². The van der Waals surface area contributed by atoms with E-state index in [0.29, 0.717) is 18.7 Å². The van der Waals surface area contributed by atoms with Crippen LogP contribution < -0.4 is 9.62 Å². The lowest BCUT2D eigenvalue weighted by Crippen LogP contribution is -2.54.